The number of rotatable bonds is 7. The van der Waals surface area contributed by atoms with Gasteiger partial charge in [0.1, 0.15) is 11.5 Å². The summed E-state index contributed by atoms with van der Waals surface area (Å²) in [5.41, 5.74) is 0.405. The van der Waals surface area contributed by atoms with Crippen molar-refractivity contribution in [1.29, 1.82) is 0 Å². The third kappa shape index (κ3) is 5.61. The summed E-state index contributed by atoms with van der Waals surface area (Å²) >= 11 is 0. The van der Waals surface area contributed by atoms with E-state index >= 15 is 0 Å². The van der Waals surface area contributed by atoms with Crippen molar-refractivity contribution in [3.8, 4) is 11.5 Å². The van der Waals surface area contributed by atoms with Gasteiger partial charge in [0.25, 0.3) is 0 Å². The molecule has 0 spiro atoms. The molecule has 0 bridgehead atoms. The van der Waals surface area contributed by atoms with Gasteiger partial charge in [-0.15, -0.1) is 0 Å². The maximum absolute atomic E-state index is 11.7. The number of phenols is 1. The molecule has 0 aromatic heterocycles. The second kappa shape index (κ2) is 7.63. The average Bonchev–Trinajstić information content (AvgIpc) is 2.37. The van der Waals surface area contributed by atoms with Crippen molar-refractivity contribution in [3.05, 3.63) is 18.2 Å². The van der Waals surface area contributed by atoms with E-state index in [0.29, 0.717) is 23.9 Å². The number of anilines is 1. The Hall–Kier alpha value is -1.75. The number of aromatic hydroxyl groups is 1. The molecule has 5 nitrogen and oxygen atoms in total. The maximum Gasteiger partial charge on any atom is 0.224 e. The van der Waals surface area contributed by atoms with Crippen molar-refractivity contribution < 1.29 is 14.6 Å². The smallest absolute Gasteiger partial charge is 0.224 e. The van der Waals surface area contributed by atoms with Gasteiger partial charge < -0.3 is 20.5 Å². The van der Waals surface area contributed by atoms with Crippen molar-refractivity contribution >= 4 is 11.6 Å². The molecule has 1 aromatic carbocycles. The largest absolute Gasteiger partial charge is 0.506 e. The lowest BCUT2D eigenvalue weighted by Gasteiger charge is -2.10. The minimum Gasteiger partial charge on any atom is -0.506 e. The third-order valence-electron chi connectivity index (χ3n) is 2.61. The van der Waals surface area contributed by atoms with Gasteiger partial charge in [0, 0.05) is 18.5 Å². The van der Waals surface area contributed by atoms with Crippen LogP contribution in [-0.2, 0) is 4.79 Å². The first-order valence-corrected chi connectivity index (χ1v) is 6.43. The lowest BCUT2D eigenvalue weighted by atomic mass is 10.2. The monoisotopic (exact) mass is 266 g/mol. The van der Waals surface area contributed by atoms with Crippen LogP contribution in [0.2, 0.25) is 0 Å². The highest BCUT2D eigenvalue weighted by atomic mass is 16.5. The molecule has 5 heteroatoms. The number of methoxy groups -OCH3 is 1. The Bertz CT molecular complexity index is 419. The van der Waals surface area contributed by atoms with E-state index in [0.717, 1.165) is 13.0 Å². The van der Waals surface area contributed by atoms with Crippen LogP contribution in [0.5, 0.6) is 11.5 Å². The van der Waals surface area contributed by atoms with Crippen molar-refractivity contribution in [2.75, 3.05) is 19.0 Å². The molecule has 0 fully saturated rings. The summed E-state index contributed by atoms with van der Waals surface area (Å²) in [6.07, 6.45) is 1.19. The first kappa shape index (κ1) is 15.3. The van der Waals surface area contributed by atoms with Crippen LogP contribution in [-0.4, -0.2) is 30.7 Å². The average molecular weight is 266 g/mol. The van der Waals surface area contributed by atoms with Crippen molar-refractivity contribution in [2.45, 2.75) is 32.7 Å². The Kier molecular flexibility index (Phi) is 6.15. The van der Waals surface area contributed by atoms with Crippen molar-refractivity contribution in [2.24, 2.45) is 0 Å². The second-order valence-electron chi connectivity index (χ2n) is 4.64. The highest BCUT2D eigenvalue weighted by Gasteiger charge is 2.07. The van der Waals surface area contributed by atoms with Crippen molar-refractivity contribution in [1.82, 2.24) is 5.32 Å². The van der Waals surface area contributed by atoms with Gasteiger partial charge in [-0.1, -0.05) is 13.8 Å². The van der Waals surface area contributed by atoms with Crippen LogP contribution >= 0.6 is 0 Å². The van der Waals surface area contributed by atoms with Crippen LogP contribution in [0.1, 0.15) is 26.7 Å². The number of ether oxygens (including phenoxy) is 1. The highest BCUT2D eigenvalue weighted by Crippen LogP contribution is 2.27. The predicted octanol–water partition coefficient (Wildman–Crippen LogP) is 2.12. The molecule has 1 rings (SSSR count). The molecule has 0 saturated carbocycles. The fourth-order valence-corrected chi connectivity index (χ4v) is 1.60. The Morgan fingerprint density at radius 2 is 2.16 bits per heavy atom. The minimum absolute atomic E-state index is 0.00741. The van der Waals surface area contributed by atoms with Gasteiger partial charge in [-0.25, -0.2) is 0 Å². The van der Waals surface area contributed by atoms with Crippen LogP contribution in [0.4, 0.5) is 5.69 Å². The molecule has 3 N–H and O–H groups in total. The Morgan fingerprint density at radius 3 is 2.74 bits per heavy atom. The zero-order valence-corrected chi connectivity index (χ0v) is 11.7. The van der Waals surface area contributed by atoms with Gasteiger partial charge in [-0.2, -0.15) is 0 Å². The molecule has 0 atom stereocenters. The summed E-state index contributed by atoms with van der Waals surface area (Å²) in [5, 5.41) is 15.6. The topological polar surface area (TPSA) is 70.6 Å². The summed E-state index contributed by atoms with van der Waals surface area (Å²) in [6, 6.07) is 5.21. The first-order valence-electron chi connectivity index (χ1n) is 6.43. The number of carbonyl (C=O) groups is 1. The van der Waals surface area contributed by atoms with Crippen LogP contribution in [0.15, 0.2) is 18.2 Å². The summed E-state index contributed by atoms with van der Waals surface area (Å²) in [4.78, 5) is 11.7. The molecule has 1 aromatic rings. The van der Waals surface area contributed by atoms with Gasteiger partial charge >= 0.3 is 0 Å². The van der Waals surface area contributed by atoms with E-state index in [2.05, 4.69) is 24.5 Å². The number of amides is 1. The van der Waals surface area contributed by atoms with Crippen molar-refractivity contribution in [3.63, 3.8) is 0 Å². The zero-order valence-electron chi connectivity index (χ0n) is 11.7. The van der Waals surface area contributed by atoms with Gasteiger partial charge in [0.05, 0.1) is 12.8 Å². The van der Waals surface area contributed by atoms with E-state index in [9.17, 15) is 9.90 Å². The van der Waals surface area contributed by atoms with E-state index in [4.69, 9.17) is 4.74 Å². The van der Waals surface area contributed by atoms with E-state index in [1.807, 2.05) is 0 Å². The lowest BCUT2D eigenvalue weighted by Crippen LogP contribution is -2.24. The molecular weight excluding hydrogens is 244 g/mol. The fraction of sp³-hybridized carbons (Fsp3) is 0.500. The van der Waals surface area contributed by atoms with E-state index in [1.54, 1.807) is 12.1 Å². The Morgan fingerprint density at radius 1 is 1.42 bits per heavy atom. The van der Waals surface area contributed by atoms with E-state index < -0.39 is 0 Å². The molecule has 106 valence electrons. The molecule has 1 amide bonds. The Labute approximate surface area is 114 Å². The molecule has 0 radical (unpaired) electrons. The van der Waals surface area contributed by atoms with Crippen LogP contribution in [0, 0.1) is 0 Å². The number of benzene rings is 1. The highest BCUT2D eigenvalue weighted by molar-refractivity contribution is 5.92. The molecule has 0 heterocycles. The minimum atomic E-state index is -0.106. The van der Waals surface area contributed by atoms with Crippen LogP contribution in [0.25, 0.3) is 0 Å². The van der Waals surface area contributed by atoms with Crippen LogP contribution < -0.4 is 15.4 Å². The molecule has 0 aliphatic heterocycles. The molecule has 0 aliphatic rings. The molecule has 19 heavy (non-hydrogen) atoms. The van der Waals surface area contributed by atoms with Gasteiger partial charge in [-0.05, 0) is 25.1 Å². The first-order chi connectivity index (χ1) is 9.02. The number of nitrogens with one attached hydrogen (secondary N) is 2. The quantitative estimate of drug-likeness (QED) is 0.522. The van der Waals surface area contributed by atoms with Gasteiger partial charge in [0.2, 0.25) is 5.91 Å². The van der Waals surface area contributed by atoms with E-state index in [-0.39, 0.29) is 11.7 Å². The summed E-state index contributed by atoms with van der Waals surface area (Å²) in [6.45, 7) is 4.94. The second-order valence-corrected chi connectivity index (χ2v) is 4.64. The van der Waals surface area contributed by atoms with Gasteiger partial charge in [-0.3, -0.25) is 4.79 Å². The fourth-order valence-electron chi connectivity index (χ4n) is 1.60. The molecular formula is C14H22N2O3. The lowest BCUT2D eigenvalue weighted by molar-refractivity contribution is -0.116. The standard InChI is InChI=1S/C14H22N2O3/c1-10(2)15-8-4-5-14(18)16-12-7-6-11(19-3)9-13(12)17/h6-7,9-10,15,17H,4-5,8H2,1-3H3,(H,16,18). The molecule has 0 unspecified atom stereocenters. The zero-order chi connectivity index (χ0) is 14.3. The summed E-state index contributed by atoms with van der Waals surface area (Å²) in [5.74, 6) is 0.454. The third-order valence-corrected chi connectivity index (χ3v) is 2.61. The van der Waals surface area contributed by atoms with Crippen LogP contribution in [0.3, 0.4) is 0 Å². The SMILES string of the molecule is COc1ccc(NC(=O)CCCNC(C)C)c(O)c1. The van der Waals surface area contributed by atoms with Gasteiger partial charge in [0.15, 0.2) is 0 Å². The number of carbonyl (C=O) groups excluding carboxylic acids is 1. The predicted molar refractivity (Wildman–Crippen MR) is 75.7 cm³/mol. The summed E-state index contributed by atoms with van der Waals surface area (Å²) in [7, 11) is 1.52. The maximum atomic E-state index is 11.7. The number of phenolic OH excluding ortho intramolecular Hbond substituents is 1. The van der Waals surface area contributed by atoms with E-state index in [1.165, 1.54) is 13.2 Å². The summed E-state index contributed by atoms with van der Waals surface area (Å²) < 4.78 is 4.98. The normalized spacial score (nSPS) is 10.5. The number of hydrogen-bond acceptors (Lipinski definition) is 4. The molecule has 0 aliphatic carbocycles. The number of hydrogen-bond donors (Lipinski definition) is 3. The molecule has 0 saturated heterocycles. The Balaban J connectivity index is 2.40.